The lowest BCUT2D eigenvalue weighted by molar-refractivity contribution is -0.133. The molecule has 1 aromatic carbocycles. The van der Waals surface area contributed by atoms with Crippen LogP contribution in [0, 0.1) is 19.8 Å². The lowest BCUT2D eigenvalue weighted by atomic mass is 9.94. The number of nitrogens with one attached hydrogen (secondary N) is 1. The molecule has 0 radical (unpaired) electrons. The Morgan fingerprint density at radius 2 is 1.73 bits per heavy atom. The van der Waals surface area contributed by atoms with Crippen molar-refractivity contribution in [1.29, 1.82) is 0 Å². The van der Waals surface area contributed by atoms with Crippen LogP contribution in [0.1, 0.15) is 62.8 Å². The maximum Gasteiger partial charge on any atom is 0.322 e. The maximum atomic E-state index is 13.6. The van der Waals surface area contributed by atoms with Crippen LogP contribution < -0.4 is 5.32 Å². The highest BCUT2D eigenvalue weighted by atomic mass is 16.2. The molecule has 6 heteroatoms. The first-order chi connectivity index (χ1) is 15.8. The molecule has 0 unspecified atom stereocenters. The summed E-state index contributed by atoms with van der Waals surface area (Å²) >= 11 is 0. The van der Waals surface area contributed by atoms with E-state index in [9.17, 15) is 9.59 Å². The summed E-state index contributed by atoms with van der Waals surface area (Å²) in [6.45, 7) is 9.58. The molecule has 2 aromatic rings. The van der Waals surface area contributed by atoms with Gasteiger partial charge in [0.2, 0.25) is 5.91 Å². The number of carbonyl (C=O) groups excluding carboxylic acids is 2. The minimum atomic E-state index is -0.170. The average Bonchev–Trinajstić information content (AvgIpc) is 3.18. The first-order valence-electron chi connectivity index (χ1n) is 12.3. The number of nitrogens with zero attached hydrogens (tertiary/aromatic N) is 3. The van der Waals surface area contributed by atoms with Crippen LogP contribution >= 0.6 is 0 Å². The van der Waals surface area contributed by atoms with Crippen molar-refractivity contribution in [1.82, 2.24) is 14.4 Å². The number of benzene rings is 1. The van der Waals surface area contributed by atoms with Gasteiger partial charge >= 0.3 is 6.03 Å². The van der Waals surface area contributed by atoms with E-state index in [2.05, 4.69) is 19.2 Å². The molecular formula is C27H40N4O2. The molecule has 1 heterocycles. The smallest absolute Gasteiger partial charge is 0.322 e. The number of carbonyl (C=O) groups is 2. The Labute approximate surface area is 198 Å². The van der Waals surface area contributed by atoms with E-state index in [1.165, 1.54) is 6.42 Å². The quantitative estimate of drug-likeness (QED) is 0.575. The van der Waals surface area contributed by atoms with Crippen molar-refractivity contribution in [2.45, 2.75) is 72.4 Å². The Morgan fingerprint density at radius 3 is 2.30 bits per heavy atom. The molecule has 180 valence electrons. The molecule has 1 N–H and O–H groups in total. The summed E-state index contributed by atoms with van der Waals surface area (Å²) in [7, 11) is 2.00. The van der Waals surface area contributed by atoms with E-state index in [-0.39, 0.29) is 24.5 Å². The van der Waals surface area contributed by atoms with Crippen molar-refractivity contribution in [2.24, 2.45) is 13.0 Å². The zero-order valence-corrected chi connectivity index (χ0v) is 20.9. The number of urea groups is 1. The number of para-hydroxylation sites is 1. The van der Waals surface area contributed by atoms with E-state index in [0.29, 0.717) is 19.0 Å². The van der Waals surface area contributed by atoms with Crippen LogP contribution in [0.15, 0.2) is 36.5 Å². The van der Waals surface area contributed by atoms with Crippen molar-refractivity contribution < 1.29 is 9.59 Å². The van der Waals surface area contributed by atoms with Crippen LogP contribution in [0.25, 0.3) is 0 Å². The van der Waals surface area contributed by atoms with Gasteiger partial charge in [0.05, 0.1) is 6.54 Å². The molecular weight excluding hydrogens is 412 g/mol. The minimum Gasteiger partial charge on any atom is -0.353 e. The summed E-state index contributed by atoms with van der Waals surface area (Å²) in [5, 5.41) is 3.13. The fraction of sp³-hybridized carbons (Fsp3) is 0.556. The summed E-state index contributed by atoms with van der Waals surface area (Å²) in [5.74, 6) is 0.355. The third kappa shape index (κ3) is 6.62. The second-order valence-electron chi connectivity index (χ2n) is 9.90. The van der Waals surface area contributed by atoms with E-state index >= 15 is 0 Å². The van der Waals surface area contributed by atoms with Gasteiger partial charge in [-0.1, -0.05) is 51.3 Å². The Morgan fingerprint density at radius 1 is 1.06 bits per heavy atom. The topological polar surface area (TPSA) is 57.6 Å². The van der Waals surface area contributed by atoms with Crippen molar-refractivity contribution in [3.05, 3.63) is 53.3 Å². The van der Waals surface area contributed by atoms with E-state index < -0.39 is 0 Å². The zero-order chi connectivity index (χ0) is 24.0. The van der Waals surface area contributed by atoms with E-state index in [0.717, 1.165) is 48.2 Å². The Bertz CT molecular complexity index is 923. The normalized spacial score (nSPS) is 14.4. The van der Waals surface area contributed by atoms with Crippen molar-refractivity contribution in [2.75, 3.05) is 18.4 Å². The molecule has 0 spiro atoms. The van der Waals surface area contributed by atoms with Gasteiger partial charge in [-0.25, -0.2) is 4.79 Å². The number of hydrogen-bond acceptors (Lipinski definition) is 2. The van der Waals surface area contributed by atoms with Crippen LogP contribution in [0.4, 0.5) is 10.5 Å². The molecule has 1 fully saturated rings. The second-order valence-corrected chi connectivity index (χ2v) is 9.90. The molecule has 0 saturated heterocycles. The van der Waals surface area contributed by atoms with Gasteiger partial charge in [0, 0.05) is 37.2 Å². The molecule has 3 rings (SSSR count). The van der Waals surface area contributed by atoms with Crippen LogP contribution in [-0.4, -0.2) is 45.4 Å². The number of amides is 3. The van der Waals surface area contributed by atoms with Crippen molar-refractivity contribution in [3.8, 4) is 0 Å². The molecule has 3 amide bonds. The van der Waals surface area contributed by atoms with Gasteiger partial charge in [-0.15, -0.1) is 0 Å². The number of anilines is 1. The van der Waals surface area contributed by atoms with E-state index in [4.69, 9.17) is 0 Å². The predicted octanol–water partition coefficient (Wildman–Crippen LogP) is 5.49. The SMILES string of the molecule is Cc1cccc(C)c1NC(=O)N(CC(=O)N(Cc1cccn1C)CC(C)C)C1CCCCC1. The fourth-order valence-corrected chi connectivity index (χ4v) is 4.75. The van der Waals surface area contributed by atoms with Crippen molar-refractivity contribution >= 4 is 17.6 Å². The highest BCUT2D eigenvalue weighted by Crippen LogP contribution is 2.25. The van der Waals surface area contributed by atoms with Crippen LogP contribution in [0.2, 0.25) is 0 Å². The number of aromatic nitrogens is 1. The van der Waals surface area contributed by atoms with Gasteiger partial charge in [0.15, 0.2) is 0 Å². The second kappa shape index (κ2) is 11.4. The number of rotatable bonds is 8. The molecule has 1 saturated carbocycles. The maximum absolute atomic E-state index is 13.6. The summed E-state index contributed by atoms with van der Waals surface area (Å²) in [5.41, 5.74) is 4.00. The third-order valence-corrected chi connectivity index (χ3v) is 6.64. The molecule has 0 atom stereocenters. The Balaban J connectivity index is 1.80. The van der Waals surface area contributed by atoms with Gasteiger partial charge < -0.3 is 19.7 Å². The molecule has 33 heavy (non-hydrogen) atoms. The molecule has 1 aromatic heterocycles. The summed E-state index contributed by atoms with van der Waals surface area (Å²) in [6, 6.07) is 9.98. The van der Waals surface area contributed by atoms with Gasteiger partial charge in [-0.3, -0.25) is 4.79 Å². The Hall–Kier alpha value is -2.76. The molecule has 0 bridgehead atoms. The standard InChI is InChI=1S/C27H40N4O2/c1-20(2)17-30(18-24-15-10-16-29(24)5)25(32)19-31(23-13-7-6-8-14-23)27(33)28-26-21(3)11-9-12-22(26)4/h9-12,15-16,20,23H,6-8,13-14,17-19H2,1-5H3,(H,28,33). The summed E-state index contributed by atoms with van der Waals surface area (Å²) in [6.07, 6.45) is 7.31. The van der Waals surface area contributed by atoms with Crippen LogP contribution in [0.3, 0.4) is 0 Å². The molecule has 0 aliphatic heterocycles. The van der Waals surface area contributed by atoms with Crippen LogP contribution in [-0.2, 0) is 18.4 Å². The molecule has 1 aliphatic rings. The fourth-order valence-electron chi connectivity index (χ4n) is 4.75. The summed E-state index contributed by atoms with van der Waals surface area (Å²) in [4.78, 5) is 30.8. The highest BCUT2D eigenvalue weighted by Gasteiger charge is 2.30. The Kier molecular flexibility index (Phi) is 8.59. The van der Waals surface area contributed by atoms with E-state index in [1.807, 2.05) is 66.9 Å². The minimum absolute atomic E-state index is 0.00660. The van der Waals surface area contributed by atoms with Crippen LogP contribution in [0.5, 0.6) is 0 Å². The third-order valence-electron chi connectivity index (χ3n) is 6.64. The van der Waals surface area contributed by atoms with Gasteiger partial charge in [0.1, 0.15) is 6.54 Å². The van der Waals surface area contributed by atoms with E-state index in [1.54, 1.807) is 4.90 Å². The lowest BCUT2D eigenvalue weighted by Crippen LogP contribution is -2.50. The highest BCUT2D eigenvalue weighted by molar-refractivity contribution is 5.94. The van der Waals surface area contributed by atoms with Gasteiger partial charge in [-0.05, 0) is 55.9 Å². The average molecular weight is 453 g/mol. The molecule has 6 nitrogen and oxygen atoms in total. The monoisotopic (exact) mass is 452 g/mol. The van der Waals surface area contributed by atoms with Gasteiger partial charge in [0.25, 0.3) is 0 Å². The summed E-state index contributed by atoms with van der Waals surface area (Å²) < 4.78 is 2.05. The number of aryl methyl sites for hydroxylation is 3. The lowest BCUT2D eigenvalue weighted by Gasteiger charge is -2.36. The predicted molar refractivity (Wildman–Crippen MR) is 134 cm³/mol. The number of hydrogen-bond donors (Lipinski definition) is 1. The first kappa shape index (κ1) is 24.9. The largest absolute Gasteiger partial charge is 0.353 e. The first-order valence-corrected chi connectivity index (χ1v) is 12.3. The molecule has 1 aliphatic carbocycles. The zero-order valence-electron chi connectivity index (χ0n) is 20.9. The van der Waals surface area contributed by atoms with Crippen molar-refractivity contribution in [3.63, 3.8) is 0 Å². The van der Waals surface area contributed by atoms with Gasteiger partial charge in [-0.2, -0.15) is 0 Å².